The molecule has 0 bridgehead atoms. The van der Waals surface area contributed by atoms with Crippen molar-refractivity contribution in [3.05, 3.63) is 63.7 Å². The standard InChI is InChI=1S/C29H32ClN3O4/c1-17-6-8-21(23(30)12-17)19-14-32(15-19)24-4-2-3-5-26(24)37-20-7-9-22-18(13-20)16-33(29(22)36)25-10-11-27(34)31-28(25)35/h6-9,12-13,19,24-26H,2-5,10-11,14-16H2,1H3,(H,31,34,35)/t24?,25?,26-/m0/s1. The van der Waals surface area contributed by atoms with Crippen molar-refractivity contribution in [3.63, 3.8) is 0 Å². The quantitative estimate of drug-likeness (QED) is 0.597. The lowest BCUT2D eigenvalue weighted by atomic mass is 9.84. The minimum Gasteiger partial charge on any atom is -0.489 e. The number of amides is 3. The summed E-state index contributed by atoms with van der Waals surface area (Å²) in [5.74, 6) is 0.400. The summed E-state index contributed by atoms with van der Waals surface area (Å²) in [5.41, 5.74) is 3.90. The van der Waals surface area contributed by atoms with Crippen LogP contribution in [-0.4, -0.2) is 58.8 Å². The molecule has 194 valence electrons. The molecule has 2 unspecified atom stereocenters. The van der Waals surface area contributed by atoms with Crippen LogP contribution in [0.15, 0.2) is 36.4 Å². The Morgan fingerprint density at radius 1 is 1.00 bits per heavy atom. The molecule has 3 aliphatic heterocycles. The van der Waals surface area contributed by atoms with E-state index in [9.17, 15) is 14.4 Å². The highest BCUT2D eigenvalue weighted by molar-refractivity contribution is 6.31. The van der Waals surface area contributed by atoms with Crippen LogP contribution < -0.4 is 10.1 Å². The number of hydrogen-bond acceptors (Lipinski definition) is 5. The van der Waals surface area contributed by atoms with Crippen LogP contribution in [-0.2, 0) is 16.1 Å². The number of piperidine rings is 1. The van der Waals surface area contributed by atoms with Gasteiger partial charge in [-0.05, 0) is 73.6 Å². The molecule has 3 atom stereocenters. The van der Waals surface area contributed by atoms with E-state index in [1.807, 2.05) is 24.3 Å². The SMILES string of the molecule is Cc1ccc(C2CN(C3CCCC[C@@H]3Oc3ccc4c(c3)CN(C3CCC(=O)NC3=O)C4=O)C2)c(Cl)c1. The van der Waals surface area contributed by atoms with Gasteiger partial charge >= 0.3 is 0 Å². The Bertz CT molecular complexity index is 1260. The van der Waals surface area contributed by atoms with Crippen LogP contribution in [0.1, 0.15) is 71.5 Å². The molecular formula is C29H32ClN3O4. The third-order valence-electron chi connectivity index (χ3n) is 8.42. The van der Waals surface area contributed by atoms with Crippen molar-refractivity contribution >= 4 is 29.3 Å². The van der Waals surface area contributed by atoms with Crippen molar-refractivity contribution in [1.29, 1.82) is 0 Å². The molecule has 2 saturated heterocycles. The summed E-state index contributed by atoms with van der Waals surface area (Å²) in [6.45, 7) is 4.41. The van der Waals surface area contributed by atoms with Gasteiger partial charge < -0.3 is 9.64 Å². The normalized spacial score (nSPS) is 26.6. The average molecular weight is 522 g/mol. The fourth-order valence-electron chi connectivity index (χ4n) is 6.37. The number of nitrogens with one attached hydrogen (secondary N) is 1. The van der Waals surface area contributed by atoms with E-state index in [2.05, 4.69) is 29.3 Å². The van der Waals surface area contributed by atoms with Gasteiger partial charge in [0.1, 0.15) is 17.9 Å². The van der Waals surface area contributed by atoms with E-state index >= 15 is 0 Å². The molecule has 0 spiro atoms. The number of halogens is 1. The van der Waals surface area contributed by atoms with Gasteiger partial charge in [0.05, 0.1) is 0 Å². The maximum atomic E-state index is 13.0. The molecule has 37 heavy (non-hydrogen) atoms. The summed E-state index contributed by atoms with van der Waals surface area (Å²) in [7, 11) is 0. The van der Waals surface area contributed by atoms with E-state index in [0.29, 0.717) is 30.5 Å². The smallest absolute Gasteiger partial charge is 0.255 e. The number of ether oxygens (including phenoxy) is 1. The van der Waals surface area contributed by atoms with Gasteiger partial charge in [-0.3, -0.25) is 24.6 Å². The largest absolute Gasteiger partial charge is 0.489 e. The Morgan fingerprint density at radius 2 is 1.81 bits per heavy atom. The fourth-order valence-corrected chi connectivity index (χ4v) is 6.76. The van der Waals surface area contributed by atoms with E-state index in [1.165, 1.54) is 17.5 Å². The molecule has 4 aliphatic rings. The van der Waals surface area contributed by atoms with Gasteiger partial charge in [-0.15, -0.1) is 0 Å². The van der Waals surface area contributed by atoms with E-state index < -0.39 is 11.9 Å². The zero-order chi connectivity index (χ0) is 25.7. The number of aryl methyl sites for hydroxylation is 1. The fraction of sp³-hybridized carbons (Fsp3) is 0.483. The van der Waals surface area contributed by atoms with Gasteiger partial charge in [-0.1, -0.05) is 30.2 Å². The number of benzene rings is 2. The molecule has 6 rings (SSSR count). The number of imide groups is 1. The van der Waals surface area contributed by atoms with Crippen molar-refractivity contribution < 1.29 is 19.1 Å². The lowest BCUT2D eigenvalue weighted by Gasteiger charge is -2.48. The zero-order valence-corrected chi connectivity index (χ0v) is 21.8. The number of fused-ring (bicyclic) bond motifs is 1. The van der Waals surface area contributed by atoms with Crippen LogP contribution in [0.4, 0.5) is 0 Å². The van der Waals surface area contributed by atoms with Crippen LogP contribution >= 0.6 is 11.6 Å². The molecule has 2 aromatic rings. The minimum absolute atomic E-state index is 0.101. The first-order valence-corrected chi connectivity index (χ1v) is 13.7. The molecule has 1 N–H and O–H groups in total. The third-order valence-corrected chi connectivity index (χ3v) is 8.75. The van der Waals surface area contributed by atoms with Gasteiger partial charge in [-0.2, -0.15) is 0 Å². The summed E-state index contributed by atoms with van der Waals surface area (Å²) >= 11 is 6.53. The molecule has 7 nitrogen and oxygen atoms in total. The summed E-state index contributed by atoms with van der Waals surface area (Å²) in [5, 5.41) is 3.22. The topological polar surface area (TPSA) is 79.0 Å². The van der Waals surface area contributed by atoms with Gasteiger partial charge in [0, 0.05) is 48.6 Å². The molecule has 1 saturated carbocycles. The summed E-state index contributed by atoms with van der Waals surface area (Å²) in [4.78, 5) is 41.0. The Labute approximate surface area is 222 Å². The molecular weight excluding hydrogens is 490 g/mol. The van der Waals surface area contributed by atoms with Crippen molar-refractivity contribution in [2.45, 2.75) is 76.1 Å². The third kappa shape index (κ3) is 4.64. The van der Waals surface area contributed by atoms with Gasteiger partial charge in [-0.25, -0.2) is 0 Å². The van der Waals surface area contributed by atoms with Crippen molar-refractivity contribution in [1.82, 2.24) is 15.1 Å². The summed E-state index contributed by atoms with van der Waals surface area (Å²) < 4.78 is 6.56. The zero-order valence-electron chi connectivity index (χ0n) is 21.0. The van der Waals surface area contributed by atoms with E-state index in [0.717, 1.165) is 48.7 Å². The number of hydrogen-bond donors (Lipinski definition) is 1. The maximum absolute atomic E-state index is 13.0. The van der Waals surface area contributed by atoms with Crippen molar-refractivity contribution in [2.75, 3.05) is 13.1 Å². The van der Waals surface area contributed by atoms with Crippen LogP contribution in [0.2, 0.25) is 5.02 Å². The monoisotopic (exact) mass is 521 g/mol. The molecule has 0 aromatic heterocycles. The van der Waals surface area contributed by atoms with Gasteiger partial charge in [0.2, 0.25) is 11.8 Å². The van der Waals surface area contributed by atoms with Gasteiger partial charge in [0.25, 0.3) is 5.91 Å². The summed E-state index contributed by atoms with van der Waals surface area (Å²) in [6.07, 6.45) is 5.20. The number of nitrogens with zero attached hydrogens (tertiary/aromatic N) is 2. The molecule has 3 fully saturated rings. The number of carbonyl (C=O) groups is 3. The van der Waals surface area contributed by atoms with Crippen LogP contribution in [0.5, 0.6) is 5.75 Å². The minimum atomic E-state index is -0.605. The van der Waals surface area contributed by atoms with E-state index in [-0.39, 0.29) is 24.3 Å². The first kappa shape index (κ1) is 24.4. The van der Waals surface area contributed by atoms with Gasteiger partial charge in [0.15, 0.2) is 0 Å². The highest BCUT2D eigenvalue weighted by Gasteiger charge is 2.41. The summed E-state index contributed by atoms with van der Waals surface area (Å²) in [6, 6.07) is 11.8. The number of rotatable bonds is 5. The molecule has 1 aliphatic carbocycles. The number of likely N-dealkylation sites (tertiary alicyclic amines) is 1. The van der Waals surface area contributed by atoms with Crippen LogP contribution in [0.25, 0.3) is 0 Å². The first-order chi connectivity index (χ1) is 17.9. The predicted octanol–water partition coefficient (Wildman–Crippen LogP) is 4.20. The maximum Gasteiger partial charge on any atom is 0.255 e. The molecule has 3 heterocycles. The predicted molar refractivity (Wildman–Crippen MR) is 140 cm³/mol. The second-order valence-corrected chi connectivity index (χ2v) is 11.3. The lowest BCUT2D eigenvalue weighted by Crippen LogP contribution is -2.57. The van der Waals surface area contributed by atoms with Crippen molar-refractivity contribution in [2.24, 2.45) is 0 Å². The lowest BCUT2D eigenvalue weighted by molar-refractivity contribution is -0.136. The molecule has 0 radical (unpaired) electrons. The average Bonchev–Trinajstić information content (AvgIpc) is 3.16. The van der Waals surface area contributed by atoms with Crippen LogP contribution in [0, 0.1) is 6.92 Å². The highest BCUT2D eigenvalue weighted by Crippen LogP contribution is 2.38. The molecule has 2 aromatic carbocycles. The first-order valence-electron chi connectivity index (χ1n) is 13.3. The molecule has 8 heteroatoms. The highest BCUT2D eigenvalue weighted by atomic mass is 35.5. The number of carbonyl (C=O) groups excluding carboxylic acids is 3. The second-order valence-electron chi connectivity index (χ2n) is 10.9. The van der Waals surface area contributed by atoms with E-state index in [1.54, 1.807) is 4.90 Å². The van der Waals surface area contributed by atoms with Crippen LogP contribution in [0.3, 0.4) is 0 Å². The Morgan fingerprint density at radius 3 is 2.59 bits per heavy atom. The second kappa shape index (κ2) is 9.76. The Balaban J connectivity index is 1.12. The Hall–Kier alpha value is -2.90. The molecule has 3 amide bonds. The van der Waals surface area contributed by atoms with E-state index in [4.69, 9.17) is 16.3 Å². The van der Waals surface area contributed by atoms with Crippen molar-refractivity contribution in [3.8, 4) is 5.75 Å². The Kier molecular flexibility index (Phi) is 6.45.